The van der Waals surface area contributed by atoms with E-state index in [1.165, 1.54) is 0 Å². The lowest BCUT2D eigenvalue weighted by Gasteiger charge is -2.17. The first kappa shape index (κ1) is 12.1. The number of rotatable bonds is 4. The fourth-order valence-electron chi connectivity index (χ4n) is 1.29. The summed E-state index contributed by atoms with van der Waals surface area (Å²) in [6.07, 6.45) is 3.60. The molecule has 3 nitrogen and oxygen atoms in total. The summed E-state index contributed by atoms with van der Waals surface area (Å²) >= 11 is 0. The van der Waals surface area contributed by atoms with Gasteiger partial charge in [-0.2, -0.15) is 0 Å². The van der Waals surface area contributed by atoms with Crippen molar-refractivity contribution in [3.63, 3.8) is 0 Å². The van der Waals surface area contributed by atoms with Crippen molar-refractivity contribution < 1.29 is 0 Å². The number of aromatic nitrogens is 2. The largest absolute Gasteiger partial charge is 0.326 e. The Kier molecular flexibility index (Phi) is 3.80. The van der Waals surface area contributed by atoms with E-state index >= 15 is 0 Å². The average Bonchev–Trinajstić information content (AvgIpc) is 2.14. The Morgan fingerprint density at radius 3 is 2.60 bits per heavy atom. The maximum atomic E-state index is 5.93. The molecule has 1 aromatic heterocycles. The van der Waals surface area contributed by atoms with Gasteiger partial charge in [-0.15, -0.1) is 0 Å². The Labute approximate surface area is 92.1 Å². The highest BCUT2D eigenvalue weighted by molar-refractivity contribution is 5.06. The lowest BCUT2D eigenvalue weighted by atomic mass is 10.00. The predicted octanol–water partition coefficient (Wildman–Crippen LogP) is 2.27. The highest BCUT2D eigenvalue weighted by Gasteiger charge is 2.12. The molecule has 0 bridgehead atoms. The van der Waals surface area contributed by atoms with Crippen LogP contribution in [0.1, 0.15) is 51.6 Å². The molecule has 0 saturated heterocycles. The fourth-order valence-corrected chi connectivity index (χ4v) is 1.29. The molecule has 0 radical (unpaired) electrons. The summed E-state index contributed by atoms with van der Waals surface area (Å²) in [4.78, 5) is 8.77. The Balaban J connectivity index is 2.66. The standard InChI is InChI=1S/C12H21N3/c1-9(2)10-6-8-14-11(15-10)5-7-12(3,4)13/h6,8-9H,5,7,13H2,1-4H3. The van der Waals surface area contributed by atoms with Crippen LogP contribution in [0.2, 0.25) is 0 Å². The smallest absolute Gasteiger partial charge is 0.128 e. The summed E-state index contributed by atoms with van der Waals surface area (Å²) in [6.45, 7) is 8.33. The van der Waals surface area contributed by atoms with Gasteiger partial charge in [-0.1, -0.05) is 13.8 Å². The van der Waals surface area contributed by atoms with Crippen molar-refractivity contribution >= 4 is 0 Å². The van der Waals surface area contributed by atoms with Gasteiger partial charge in [0.1, 0.15) is 5.82 Å². The van der Waals surface area contributed by atoms with Crippen molar-refractivity contribution in [1.82, 2.24) is 9.97 Å². The summed E-state index contributed by atoms with van der Waals surface area (Å²) in [5.41, 5.74) is 6.89. The minimum Gasteiger partial charge on any atom is -0.326 e. The van der Waals surface area contributed by atoms with Crippen molar-refractivity contribution in [2.75, 3.05) is 0 Å². The summed E-state index contributed by atoms with van der Waals surface area (Å²) in [6, 6.07) is 1.97. The first-order valence-electron chi connectivity index (χ1n) is 5.49. The van der Waals surface area contributed by atoms with Gasteiger partial charge < -0.3 is 5.73 Å². The zero-order chi connectivity index (χ0) is 11.5. The first-order chi connectivity index (χ1) is 6.88. The highest BCUT2D eigenvalue weighted by atomic mass is 14.9. The van der Waals surface area contributed by atoms with Crippen LogP contribution in [0.15, 0.2) is 12.3 Å². The molecule has 0 atom stereocenters. The van der Waals surface area contributed by atoms with Crippen LogP contribution in [0.4, 0.5) is 0 Å². The van der Waals surface area contributed by atoms with Gasteiger partial charge in [-0.25, -0.2) is 9.97 Å². The number of nitrogens with two attached hydrogens (primary N) is 1. The van der Waals surface area contributed by atoms with E-state index in [1.54, 1.807) is 0 Å². The second-order valence-corrected chi connectivity index (χ2v) is 5.04. The first-order valence-corrected chi connectivity index (χ1v) is 5.49. The minimum atomic E-state index is -0.142. The molecule has 3 heteroatoms. The van der Waals surface area contributed by atoms with Crippen LogP contribution in [0.3, 0.4) is 0 Å². The van der Waals surface area contributed by atoms with Gasteiger partial charge in [0.25, 0.3) is 0 Å². The zero-order valence-corrected chi connectivity index (χ0v) is 10.1. The molecule has 0 aliphatic heterocycles. The molecule has 2 N–H and O–H groups in total. The summed E-state index contributed by atoms with van der Waals surface area (Å²) < 4.78 is 0. The van der Waals surface area contributed by atoms with Crippen LogP contribution < -0.4 is 5.73 Å². The number of hydrogen-bond acceptors (Lipinski definition) is 3. The maximum Gasteiger partial charge on any atom is 0.128 e. The van der Waals surface area contributed by atoms with Crippen molar-refractivity contribution in [1.29, 1.82) is 0 Å². The molecule has 0 fully saturated rings. The fraction of sp³-hybridized carbons (Fsp3) is 0.667. The molecule has 84 valence electrons. The summed E-state index contributed by atoms with van der Waals surface area (Å²) in [5.74, 6) is 1.36. The van der Waals surface area contributed by atoms with Gasteiger partial charge >= 0.3 is 0 Å². The molecule has 0 amide bonds. The molecular formula is C12H21N3. The van der Waals surface area contributed by atoms with Crippen LogP contribution in [-0.2, 0) is 6.42 Å². The topological polar surface area (TPSA) is 51.8 Å². The van der Waals surface area contributed by atoms with E-state index in [1.807, 2.05) is 26.1 Å². The zero-order valence-electron chi connectivity index (χ0n) is 10.1. The highest BCUT2D eigenvalue weighted by Crippen LogP contribution is 2.12. The maximum absolute atomic E-state index is 5.93. The Bertz CT molecular complexity index is 313. The van der Waals surface area contributed by atoms with E-state index < -0.39 is 0 Å². The number of hydrogen-bond donors (Lipinski definition) is 1. The van der Waals surface area contributed by atoms with Gasteiger partial charge in [0.2, 0.25) is 0 Å². The number of aryl methyl sites for hydroxylation is 1. The van der Waals surface area contributed by atoms with Gasteiger partial charge in [-0.3, -0.25) is 0 Å². The molecule has 0 aromatic carbocycles. The van der Waals surface area contributed by atoms with Crippen LogP contribution in [0.25, 0.3) is 0 Å². The molecule has 0 aliphatic carbocycles. The van der Waals surface area contributed by atoms with Crippen LogP contribution >= 0.6 is 0 Å². The Hall–Kier alpha value is -0.960. The molecular weight excluding hydrogens is 186 g/mol. The quantitative estimate of drug-likeness (QED) is 0.824. The SMILES string of the molecule is CC(C)c1ccnc(CCC(C)(C)N)n1. The van der Waals surface area contributed by atoms with E-state index in [9.17, 15) is 0 Å². The second-order valence-electron chi connectivity index (χ2n) is 5.04. The van der Waals surface area contributed by atoms with Crippen molar-refractivity contribution in [3.05, 3.63) is 23.8 Å². The van der Waals surface area contributed by atoms with Gasteiger partial charge in [-0.05, 0) is 32.3 Å². The average molecular weight is 207 g/mol. The predicted molar refractivity (Wildman–Crippen MR) is 62.7 cm³/mol. The van der Waals surface area contributed by atoms with Crippen molar-refractivity contribution in [2.45, 2.75) is 52.0 Å². The van der Waals surface area contributed by atoms with Gasteiger partial charge in [0.15, 0.2) is 0 Å². The van der Waals surface area contributed by atoms with Crippen LogP contribution in [0, 0.1) is 0 Å². The molecule has 1 aromatic rings. The van der Waals surface area contributed by atoms with E-state index in [0.717, 1.165) is 24.4 Å². The number of nitrogens with zero attached hydrogens (tertiary/aromatic N) is 2. The Morgan fingerprint density at radius 2 is 2.07 bits per heavy atom. The normalized spacial score (nSPS) is 12.1. The molecule has 0 aliphatic rings. The van der Waals surface area contributed by atoms with Gasteiger partial charge in [0.05, 0.1) is 0 Å². The van der Waals surface area contributed by atoms with Crippen LogP contribution in [-0.4, -0.2) is 15.5 Å². The van der Waals surface area contributed by atoms with Gasteiger partial charge in [0, 0.05) is 23.9 Å². The molecule has 1 heterocycles. The third-order valence-corrected chi connectivity index (χ3v) is 2.31. The van der Waals surface area contributed by atoms with E-state index in [4.69, 9.17) is 5.73 Å². The monoisotopic (exact) mass is 207 g/mol. The van der Waals surface area contributed by atoms with Crippen molar-refractivity contribution in [3.8, 4) is 0 Å². The van der Waals surface area contributed by atoms with E-state index in [2.05, 4.69) is 23.8 Å². The van der Waals surface area contributed by atoms with E-state index in [-0.39, 0.29) is 5.54 Å². The molecule has 15 heavy (non-hydrogen) atoms. The van der Waals surface area contributed by atoms with Crippen molar-refractivity contribution in [2.24, 2.45) is 5.73 Å². The third kappa shape index (κ3) is 4.38. The molecule has 0 unspecified atom stereocenters. The van der Waals surface area contributed by atoms with E-state index in [0.29, 0.717) is 5.92 Å². The third-order valence-electron chi connectivity index (χ3n) is 2.31. The molecule has 0 saturated carbocycles. The lowest BCUT2D eigenvalue weighted by molar-refractivity contribution is 0.470. The minimum absolute atomic E-state index is 0.142. The summed E-state index contributed by atoms with van der Waals surface area (Å²) in [5, 5.41) is 0. The molecule has 0 spiro atoms. The molecule has 1 rings (SSSR count). The van der Waals surface area contributed by atoms with Crippen LogP contribution in [0.5, 0.6) is 0 Å². The lowest BCUT2D eigenvalue weighted by Crippen LogP contribution is -2.32. The Morgan fingerprint density at radius 1 is 1.40 bits per heavy atom. The second kappa shape index (κ2) is 4.71. The summed E-state index contributed by atoms with van der Waals surface area (Å²) in [7, 11) is 0.